The van der Waals surface area contributed by atoms with E-state index in [1.54, 1.807) is 11.1 Å². The number of benzene rings is 6. The number of rotatable bonds is 4. The van der Waals surface area contributed by atoms with Gasteiger partial charge in [0.05, 0.1) is 11.4 Å². The average molecular weight is 756 g/mol. The third-order valence-corrected chi connectivity index (χ3v) is 16.9. The molecule has 4 fully saturated rings. The van der Waals surface area contributed by atoms with Crippen LogP contribution in [0, 0.1) is 23.7 Å². The van der Waals surface area contributed by atoms with Gasteiger partial charge in [-0.1, -0.05) is 139 Å². The van der Waals surface area contributed by atoms with Gasteiger partial charge in [0.15, 0.2) is 0 Å². The van der Waals surface area contributed by atoms with Gasteiger partial charge >= 0.3 is 0 Å². The van der Waals surface area contributed by atoms with E-state index in [0.717, 1.165) is 11.8 Å². The molecule has 0 atom stereocenters. The van der Waals surface area contributed by atoms with Crippen LogP contribution in [0.1, 0.15) is 120 Å². The zero-order valence-corrected chi connectivity index (χ0v) is 35.3. The molecule has 58 heavy (non-hydrogen) atoms. The van der Waals surface area contributed by atoms with Crippen molar-refractivity contribution in [2.75, 3.05) is 4.90 Å². The Bertz CT molecular complexity index is 2640. The predicted octanol–water partition coefficient (Wildman–Crippen LogP) is 15.2. The third kappa shape index (κ3) is 4.60. The minimum Gasteiger partial charge on any atom is -0.310 e. The summed E-state index contributed by atoms with van der Waals surface area (Å²) in [5.41, 5.74) is 21.6. The van der Waals surface area contributed by atoms with E-state index >= 15 is 0 Å². The highest BCUT2D eigenvalue weighted by atomic mass is 15.2. The highest BCUT2D eigenvalue weighted by Gasteiger charge is 2.62. The van der Waals surface area contributed by atoms with Crippen LogP contribution in [-0.4, -0.2) is 0 Å². The maximum atomic E-state index is 2.74. The lowest BCUT2D eigenvalue weighted by Crippen LogP contribution is -2.55. The van der Waals surface area contributed by atoms with Crippen LogP contribution in [0.3, 0.4) is 0 Å². The van der Waals surface area contributed by atoms with E-state index in [4.69, 9.17) is 0 Å². The fraction of sp³-hybridized carbons (Fsp3) is 0.368. The molecular weight excluding hydrogens is 699 g/mol. The van der Waals surface area contributed by atoms with Crippen LogP contribution in [0.2, 0.25) is 0 Å². The molecule has 0 radical (unpaired) electrons. The Morgan fingerprint density at radius 3 is 1.83 bits per heavy atom. The Morgan fingerprint density at radius 2 is 1.07 bits per heavy atom. The standard InChI is InChI=1S/C57H57N/c1-54(2)26-27-55(3,4)53-47(54)19-13-21-51(53)58(41-23-25-43-42-16-10-11-17-45(42)56(5,6)48(43)34-41)50-20-12-18-46-52(50)44-24-22-38(37-14-8-7-9-15-37)33-49(44)57(46)39-29-35-28-36(31-39)32-40(57)30-35/h7-25,33-36,39-40H,26-32H2,1-6H3. The maximum Gasteiger partial charge on any atom is 0.0543 e. The van der Waals surface area contributed by atoms with Crippen molar-refractivity contribution in [3.8, 4) is 33.4 Å². The molecule has 6 aromatic rings. The molecule has 0 saturated heterocycles. The number of nitrogens with zero attached hydrogens (tertiary/aromatic N) is 1. The summed E-state index contributed by atoms with van der Waals surface area (Å²) >= 11 is 0. The second-order valence-corrected chi connectivity index (χ2v) is 21.2. The topological polar surface area (TPSA) is 3.24 Å². The molecule has 1 nitrogen and oxygen atoms in total. The molecule has 0 aliphatic heterocycles. The molecule has 1 spiro atoms. The number of hydrogen-bond acceptors (Lipinski definition) is 1. The van der Waals surface area contributed by atoms with Crippen molar-refractivity contribution in [2.24, 2.45) is 23.7 Å². The second kappa shape index (κ2) is 11.9. The molecule has 4 bridgehead atoms. The maximum absolute atomic E-state index is 2.74. The van der Waals surface area contributed by atoms with Crippen molar-refractivity contribution in [1.29, 1.82) is 0 Å². The fourth-order valence-electron chi connectivity index (χ4n) is 14.3. The Balaban J connectivity index is 1.15. The molecule has 290 valence electrons. The van der Waals surface area contributed by atoms with Crippen LogP contribution in [-0.2, 0) is 21.7 Å². The summed E-state index contributed by atoms with van der Waals surface area (Å²) in [6, 6.07) is 50.1. The van der Waals surface area contributed by atoms with E-state index in [2.05, 4.69) is 174 Å². The summed E-state index contributed by atoms with van der Waals surface area (Å²) in [6.07, 6.45) is 9.36. The van der Waals surface area contributed by atoms with Crippen molar-refractivity contribution in [2.45, 2.75) is 108 Å². The first-order valence-electron chi connectivity index (χ1n) is 22.5. The molecule has 7 aliphatic rings. The minimum absolute atomic E-state index is 0.0367. The SMILES string of the molecule is CC1(C)CCC(C)(C)c2c(N(c3ccc4c(c3)C(C)(C)c3ccccc3-4)c3cccc4c3-c3ccc(-c5ccccc5)cc3C43C4CC5CC(C4)CC3C5)cccc21. The molecular formula is C57H57N. The van der Waals surface area contributed by atoms with Crippen LogP contribution in [0.4, 0.5) is 17.1 Å². The largest absolute Gasteiger partial charge is 0.310 e. The van der Waals surface area contributed by atoms with Crippen molar-refractivity contribution in [3.63, 3.8) is 0 Å². The molecule has 0 aromatic heterocycles. The van der Waals surface area contributed by atoms with Gasteiger partial charge in [0.2, 0.25) is 0 Å². The Labute approximate surface area is 346 Å². The van der Waals surface area contributed by atoms with Crippen molar-refractivity contribution in [3.05, 3.63) is 161 Å². The van der Waals surface area contributed by atoms with Crippen molar-refractivity contribution < 1.29 is 0 Å². The van der Waals surface area contributed by atoms with Crippen LogP contribution in [0.15, 0.2) is 127 Å². The fourth-order valence-corrected chi connectivity index (χ4v) is 14.3. The molecule has 0 unspecified atom stereocenters. The van der Waals surface area contributed by atoms with E-state index in [1.165, 1.54) is 118 Å². The summed E-state index contributed by atoms with van der Waals surface area (Å²) in [5.74, 6) is 3.19. The quantitative estimate of drug-likeness (QED) is 0.173. The summed E-state index contributed by atoms with van der Waals surface area (Å²) in [5, 5.41) is 0. The summed E-state index contributed by atoms with van der Waals surface area (Å²) in [4.78, 5) is 2.74. The lowest BCUT2D eigenvalue weighted by Gasteiger charge is -2.61. The molecule has 0 N–H and O–H groups in total. The highest BCUT2D eigenvalue weighted by molar-refractivity contribution is 5.98. The van der Waals surface area contributed by atoms with Gasteiger partial charge in [0.1, 0.15) is 0 Å². The van der Waals surface area contributed by atoms with Gasteiger partial charge < -0.3 is 4.90 Å². The van der Waals surface area contributed by atoms with Gasteiger partial charge in [0.25, 0.3) is 0 Å². The molecule has 1 heteroatoms. The van der Waals surface area contributed by atoms with Crippen LogP contribution in [0.5, 0.6) is 0 Å². The Morgan fingerprint density at radius 1 is 0.448 bits per heavy atom. The van der Waals surface area contributed by atoms with Gasteiger partial charge in [-0.15, -0.1) is 0 Å². The first kappa shape index (κ1) is 35.1. The summed E-state index contributed by atoms with van der Waals surface area (Å²) in [7, 11) is 0. The van der Waals surface area contributed by atoms with Crippen molar-refractivity contribution in [1.82, 2.24) is 0 Å². The monoisotopic (exact) mass is 755 g/mol. The number of hydrogen-bond donors (Lipinski definition) is 0. The molecule has 7 aliphatic carbocycles. The lowest BCUT2D eigenvalue weighted by molar-refractivity contribution is -0.0399. The van der Waals surface area contributed by atoms with E-state index in [1.807, 2.05) is 0 Å². The van der Waals surface area contributed by atoms with Crippen LogP contribution >= 0.6 is 0 Å². The summed E-state index contributed by atoms with van der Waals surface area (Å²) < 4.78 is 0. The second-order valence-electron chi connectivity index (χ2n) is 21.2. The van der Waals surface area contributed by atoms with E-state index in [-0.39, 0.29) is 21.7 Å². The number of anilines is 3. The minimum atomic E-state index is -0.0888. The lowest BCUT2D eigenvalue weighted by atomic mass is 9.43. The zero-order valence-electron chi connectivity index (χ0n) is 35.3. The predicted molar refractivity (Wildman–Crippen MR) is 243 cm³/mol. The third-order valence-electron chi connectivity index (χ3n) is 16.9. The van der Waals surface area contributed by atoms with Crippen LogP contribution < -0.4 is 4.90 Å². The zero-order chi connectivity index (χ0) is 39.3. The van der Waals surface area contributed by atoms with Gasteiger partial charge in [-0.3, -0.25) is 0 Å². The first-order valence-corrected chi connectivity index (χ1v) is 22.5. The van der Waals surface area contributed by atoms with Gasteiger partial charge in [0, 0.05) is 22.1 Å². The van der Waals surface area contributed by atoms with Gasteiger partial charge in [-0.05, 0) is 171 Å². The molecule has 13 rings (SSSR count). The average Bonchev–Trinajstić information content (AvgIpc) is 3.64. The van der Waals surface area contributed by atoms with Gasteiger partial charge in [-0.25, -0.2) is 0 Å². The molecule has 0 heterocycles. The molecule has 6 aromatic carbocycles. The summed E-state index contributed by atoms with van der Waals surface area (Å²) in [6.45, 7) is 14.8. The number of fused-ring (bicyclic) bond motifs is 7. The molecule has 0 amide bonds. The molecule has 4 saturated carbocycles. The Kier molecular flexibility index (Phi) is 7.18. The first-order chi connectivity index (χ1) is 28.0. The van der Waals surface area contributed by atoms with Crippen LogP contribution in [0.25, 0.3) is 33.4 Å². The normalized spacial score (nSPS) is 26.8. The van der Waals surface area contributed by atoms with Gasteiger partial charge in [-0.2, -0.15) is 0 Å². The van der Waals surface area contributed by atoms with Crippen molar-refractivity contribution >= 4 is 17.1 Å². The van der Waals surface area contributed by atoms with E-state index in [0.29, 0.717) is 11.8 Å². The Hall–Kier alpha value is -4.88. The smallest absolute Gasteiger partial charge is 0.0543 e. The highest BCUT2D eigenvalue weighted by Crippen LogP contribution is 2.71. The van der Waals surface area contributed by atoms with E-state index < -0.39 is 0 Å². The van der Waals surface area contributed by atoms with E-state index in [9.17, 15) is 0 Å².